The Labute approximate surface area is 175 Å². The van der Waals surface area contributed by atoms with Crippen LogP contribution in [0.1, 0.15) is 38.0 Å². The summed E-state index contributed by atoms with van der Waals surface area (Å²) in [7, 11) is 0. The van der Waals surface area contributed by atoms with Crippen LogP contribution < -0.4 is 10.1 Å². The molecule has 0 fully saturated rings. The van der Waals surface area contributed by atoms with Crippen LogP contribution in [0.25, 0.3) is 0 Å². The zero-order valence-corrected chi connectivity index (χ0v) is 17.1. The van der Waals surface area contributed by atoms with Gasteiger partial charge in [0.15, 0.2) is 0 Å². The van der Waals surface area contributed by atoms with Crippen molar-refractivity contribution >= 4 is 35.0 Å². The average molecular weight is 452 g/mol. The van der Waals surface area contributed by atoms with E-state index in [0.29, 0.717) is 0 Å². The molecule has 158 valence electrons. The Hall–Kier alpha value is -2.16. The van der Waals surface area contributed by atoms with E-state index in [1.165, 1.54) is 30.3 Å². The molecule has 2 aromatic rings. The van der Waals surface area contributed by atoms with Crippen LogP contribution in [-0.4, -0.2) is 23.2 Å². The fourth-order valence-electron chi connectivity index (χ4n) is 2.40. The van der Waals surface area contributed by atoms with E-state index in [1.54, 1.807) is 20.8 Å². The van der Waals surface area contributed by atoms with E-state index in [4.69, 9.17) is 27.9 Å². The first-order valence-corrected chi connectivity index (χ1v) is 9.04. The van der Waals surface area contributed by atoms with Crippen molar-refractivity contribution in [2.45, 2.75) is 38.8 Å². The standard InChI is InChI=1S/C19H18Cl2F3NO4/c1-18(2,3)29-17(27)25-13-8-7-10(20)9-12(13)16(26)11-5-4-6-14(15(11)21)28-19(22,23)24/h4-9,16,26H,1-3H3,(H,25,27)/t16-/m1/s1. The summed E-state index contributed by atoms with van der Waals surface area (Å²) in [5.41, 5.74) is -0.575. The molecular weight excluding hydrogens is 434 g/mol. The summed E-state index contributed by atoms with van der Waals surface area (Å²) >= 11 is 12.0. The highest BCUT2D eigenvalue weighted by Gasteiger charge is 2.33. The van der Waals surface area contributed by atoms with E-state index in [2.05, 4.69) is 10.1 Å². The Morgan fingerprint density at radius 1 is 1.10 bits per heavy atom. The lowest BCUT2D eigenvalue weighted by Crippen LogP contribution is -2.27. The molecule has 0 heterocycles. The number of carbonyl (C=O) groups excluding carboxylic acids is 1. The molecule has 10 heteroatoms. The molecule has 0 aromatic heterocycles. The maximum atomic E-state index is 12.6. The van der Waals surface area contributed by atoms with E-state index >= 15 is 0 Å². The van der Waals surface area contributed by atoms with Crippen molar-refractivity contribution in [2.24, 2.45) is 0 Å². The SMILES string of the molecule is CC(C)(C)OC(=O)Nc1ccc(Cl)cc1[C@H](O)c1cccc(OC(F)(F)F)c1Cl. The second-order valence-corrected chi connectivity index (χ2v) is 7.78. The van der Waals surface area contributed by atoms with Crippen LogP contribution >= 0.6 is 23.2 Å². The number of alkyl halides is 3. The van der Waals surface area contributed by atoms with Crippen LogP contribution in [0.15, 0.2) is 36.4 Å². The molecular formula is C19H18Cl2F3NO4. The topological polar surface area (TPSA) is 67.8 Å². The van der Waals surface area contributed by atoms with Crippen molar-refractivity contribution in [2.75, 3.05) is 5.32 Å². The van der Waals surface area contributed by atoms with Gasteiger partial charge in [0, 0.05) is 16.1 Å². The van der Waals surface area contributed by atoms with Crippen LogP contribution in [0.2, 0.25) is 10.0 Å². The first-order valence-electron chi connectivity index (χ1n) is 8.28. The monoisotopic (exact) mass is 451 g/mol. The van der Waals surface area contributed by atoms with Gasteiger partial charge in [-0.05, 0) is 45.0 Å². The summed E-state index contributed by atoms with van der Waals surface area (Å²) in [5.74, 6) is -0.667. The van der Waals surface area contributed by atoms with Crippen molar-refractivity contribution in [3.05, 3.63) is 57.6 Å². The number of anilines is 1. The van der Waals surface area contributed by atoms with Crippen molar-refractivity contribution in [3.8, 4) is 5.75 Å². The number of hydrogen-bond acceptors (Lipinski definition) is 4. The number of rotatable bonds is 4. The van der Waals surface area contributed by atoms with E-state index < -0.39 is 34.9 Å². The minimum absolute atomic E-state index is 0.0667. The Kier molecular flexibility index (Phi) is 6.93. The predicted molar refractivity (Wildman–Crippen MR) is 104 cm³/mol. The first kappa shape index (κ1) is 23.1. The van der Waals surface area contributed by atoms with Crippen LogP contribution in [0.4, 0.5) is 23.7 Å². The Morgan fingerprint density at radius 2 is 1.76 bits per heavy atom. The molecule has 0 radical (unpaired) electrons. The molecule has 0 aliphatic rings. The summed E-state index contributed by atoms with van der Waals surface area (Å²) in [6.45, 7) is 5.03. The zero-order chi connectivity index (χ0) is 22.0. The highest BCUT2D eigenvalue weighted by atomic mass is 35.5. The van der Waals surface area contributed by atoms with Gasteiger partial charge in [0.05, 0.1) is 10.7 Å². The van der Waals surface area contributed by atoms with Crippen molar-refractivity contribution in [1.82, 2.24) is 0 Å². The summed E-state index contributed by atoms with van der Waals surface area (Å²) < 4.78 is 46.7. The quantitative estimate of drug-likeness (QED) is 0.570. The highest BCUT2D eigenvalue weighted by molar-refractivity contribution is 6.33. The van der Waals surface area contributed by atoms with Crippen LogP contribution in [0.5, 0.6) is 5.75 Å². The van der Waals surface area contributed by atoms with E-state index in [9.17, 15) is 23.1 Å². The third kappa shape index (κ3) is 6.69. The lowest BCUT2D eigenvalue weighted by atomic mass is 9.99. The number of nitrogens with one attached hydrogen (secondary N) is 1. The lowest BCUT2D eigenvalue weighted by molar-refractivity contribution is -0.274. The number of amides is 1. The molecule has 0 bridgehead atoms. The van der Waals surface area contributed by atoms with Crippen LogP contribution in [0, 0.1) is 0 Å². The number of ether oxygens (including phenoxy) is 2. The van der Waals surface area contributed by atoms with Gasteiger partial charge in [0.1, 0.15) is 17.5 Å². The second kappa shape index (κ2) is 8.69. The van der Waals surface area contributed by atoms with E-state index in [-0.39, 0.29) is 21.8 Å². The van der Waals surface area contributed by atoms with Gasteiger partial charge >= 0.3 is 12.5 Å². The predicted octanol–water partition coefficient (Wildman–Crippen LogP) is 6.32. The third-order valence-corrected chi connectivity index (χ3v) is 4.10. The minimum atomic E-state index is -4.95. The van der Waals surface area contributed by atoms with Crippen molar-refractivity contribution < 1.29 is 32.5 Å². The number of carbonyl (C=O) groups is 1. The number of benzene rings is 2. The number of hydrogen-bond donors (Lipinski definition) is 2. The molecule has 29 heavy (non-hydrogen) atoms. The maximum Gasteiger partial charge on any atom is 0.573 e. The third-order valence-electron chi connectivity index (χ3n) is 3.46. The summed E-state index contributed by atoms with van der Waals surface area (Å²) in [6.07, 6.45) is -7.25. The van der Waals surface area contributed by atoms with Gasteiger partial charge in [-0.25, -0.2) is 4.79 Å². The molecule has 0 spiro atoms. The van der Waals surface area contributed by atoms with Crippen molar-refractivity contribution in [1.29, 1.82) is 0 Å². The maximum absolute atomic E-state index is 12.6. The van der Waals surface area contributed by atoms with Gasteiger partial charge in [-0.3, -0.25) is 5.32 Å². The van der Waals surface area contributed by atoms with Gasteiger partial charge in [-0.2, -0.15) is 0 Å². The zero-order valence-electron chi connectivity index (χ0n) is 15.6. The molecule has 5 nitrogen and oxygen atoms in total. The molecule has 2 rings (SSSR count). The summed E-state index contributed by atoms with van der Waals surface area (Å²) in [4.78, 5) is 12.1. The van der Waals surface area contributed by atoms with Gasteiger partial charge < -0.3 is 14.6 Å². The second-order valence-electron chi connectivity index (χ2n) is 6.97. The van der Waals surface area contributed by atoms with Gasteiger partial charge in [0.25, 0.3) is 0 Å². The van der Waals surface area contributed by atoms with Crippen LogP contribution in [-0.2, 0) is 4.74 Å². The smallest absolute Gasteiger partial charge is 0.444 e. The molecule has 0 unspecified atom stereocenters. The normalized spacial score (nSPS) is 13.0. The number of halogens is 5. The van der Waals surface area contributed by atoms with Crippen LogP contribution in [0.3, 0.4) is 0 Å². The molecule has 0 aliphatic heterocycles. The van der Waals surface area contributed by atoms with Gasteiger partial charge in [0.2, 0.25) is 0 Å². The lowest BCUT2D eigenvalue weighted by Gasteiger charge is -2.22. The number of aliphatic hydroxyl groups is 1. The molecule has 1 atom stereocenters. The van der Waals surface area contributed by atoms with E-state index in [0.717, 1.165) is 6.07 Å². The molecule has 2 N–H and O–H groups in total. The number of aliphatic hydroxyl groups excluding tert-OH is 1. The summed E-state index contributed by atoms with van der Waals surface area (Å²) in [6, 6.07) is 7.84. The van der Waals surface area contributed by atoms with Crippen molar-refractivity contribution in [3.63, 3.8) is 0 Å². The summed E-state index contributed by atoms with van der Waals surface area (Å²) in [5, 5.41) is 13.1. The Morgan fingerprint density at radius 3 is 2.34 bits per heavy atom. The Bertz CT molecular complexity index is 898. The largest absolute Gasteiger partial charge is 0.573 e. The minimum Gasteiger partial charge on any atom is -0.444 e. The molecule has 0 saturated carbocycles. The molecule has 2 aromatic carbocycles. The fraction of sp³-hybridized carbons (Fsp3) is 0.316. The Balaban J connectivity index is 2.41. The first-order chi connectivity index (χ1) is 13.3. The molecule has 0 saturated heterocycles. The molecule has 0 aliphatic carbocycles. The van der Waals surface area contributed by atoms with Gasteiger partial charge in [-0.1, -0.05) is 35.3 Å². The fourth-order valence-corrected chi connectivity index (χ4v) is 2.85. The average Bonchev–Trinajstić information content (AvgIpc) is 2.55. The highest BCUT2D eigenvalue weighted by Crippen LogP contribution is 2.39. The van der Waals surface area contributed by atoms with Gasteiger partial charge in [-0.15, -0.1) is 13.2 Å². The van der Waals surface area contributed by atoms with E-state index in [1.807, 2.05) is 0 Å². The molecule has 1 amide bonds.